The molecule has 1 aliphatic rings. The Labute approximate surface area is 266 Å². The number of amides is 1. The zero-order valence-electron chi connectivity index (χ0n) is 24.5. The van der Waals surface area contributed by atoms with Crippen LogP contribution in [0.4, 0.5) is 28.2 Å². The molecule has 5 rings (SSSR count). The maximum absolute atomic E-state index is 14.1. The summed E-state index contributed by atoms with van der Waals surface area (Å²) in [5, 5.41) is 3.89. The molecule has 46 heavy (non-hydrogen) atoms. The number of hydrogen-bond acceptors (Lipinski definition) is 7. The summed E-state index contributed by atoms with van der Waals surface area (Å²) in [6, 6.07) is 8.70. The van der Waals surface area contributed by atoms with E-state index in [1.165, 1.54) is 38.1 Å². The summed E-state index contributed by atoms with van der Waals surface area (Å²) < 4.78 is 86.3. The number of rotatable bonds is 9. The van der Waals surface area contributed by atoms with Gasteiger partial charge in [-0.05, 0) is 68.5 Å². The topological polar surface area (TPSA) is 143 Å². The van der Waals surface area contributed by atoms with E-state index in [1.807, 2.05) is 0 Å². The van der Waals surface area contributed by atoms with Gasteiger partial charge in [0.15, 0.2) is 21.8 Å². The average Bonchev–Trinajstić information content (AvgIpc) is 3.76. The number of benzene rings is 2. The van der Waals surface area contributed by atoms with Crippen LogP contribution in [0.3, 0.4) is 0 Å². The normalized spacial score (nSPS) is 14.3. The van der Waals surface area contributed by atoms with Crippen molar-refractivity contribution in [2.45, 2.75) is 62.2 Å². The number of halogens is 5. The summed E-state index contributed by atoms with van der Waals surface area (Å²) in [5.41, 5.74) is 12.2. The highest BCUT2D eigenvalue weighted by Crippen LogP contribution is 2.40. The molecule has 2 heterocycles. The number of sulfone groups is 1. The smallest absolute Gasteiger partial charge is 0.405 e. The first kappa shape index (κ1) is 33.0. The molecule has 1 amide bonds. The Morgan fingerprint density at radius 2 is 1.78 bits per heavy atom. The van der Waals surface area contributed by atoms with E-state index in [4.69, 9.17) is 27.8 Å². The maximum Gasteiger partial charge on any atom is 0.405 e. The van der Waals surface area contributed by atoms with Crippen molar-refractivity contribution < 1.29 is 35.5 Å². The van der Waals surface area contributed by atoms with Gasteiger partial charge in [-0.25, -0.2) is 35.8 Å². The van der Waals surface area contributed by atoms with Crippen LogP contribution in [0, 0.1) is 23.5 Å². The second-order valence-electron chi connectivity index (χ2n) is 11.3. The average molecular weight is 678 g/mol. The Balaban J connectivity index is 1.74. The van der Waals surface area contributed by atoms with Crippen LogP contribution in [0.2, 0.25) is 5.02 Å². The SMILES string of the molecule is CC(C)(C#Cc1ccc(-c2ccc(Cl)c3c(N)nn(CC(F)F)c23)c([C@H](Cc2cc(F)cc(F)c2)OC(N)=O)n1)S(=O)(=O)C1CC1. The van der Waals surface area contributed by atoms with Gasteiger partial charge < -0.3 is 16.2 Å². The second-order valence-corrected chi connectivity index (χ2v) is 14.5. The first-order valence-electron chi connectivity index (χ1n) is 14.0. The van der Waals surface area contributed by atoms with Crippen LogP contribution < -0.4 is 11.5 Å². The lowest BCUT2D eigenvalue weighted by molar-refractivity contribution is 0.104. The summed E-state index contributed by atoms with van der Waals surface area (Å²) in [7, 11) is -3.57. The van der Waals surface area contributed by atoms with Gasteiger partial charge in [0.2, 0.25) is 0 Å². The largest absolute Gasteiger partial charge is 0.439 e. The standard InChI is InChI=1S/C31H28ClF4N5O4S/c1-31(2,46(43,44)20-4-5-20)10-9-19-3-6-21(22-7-8-23(32)26-28(22)41(15-25(35)36)40-29(26)37)27(39-19)24(45-30(38)42)13-16-11-17(33)14-18(34)12-16/h3,6-8,11-12,14,20,24-25H,4-5,13,15H2,1-2H3,(H2,37,40)(H2,38,42)/t24-/m0/s1. The molecule has 1 aliphatic carbocycles. The minimum Gasteiger partial charge on any atom is -0.439 e. The van der Waals surface area contributed by atoms with Crippen LogP contribution in [0.1, 0.15) is 49.7 Å². The number of anilines is 1. The van der Waals surface area contributed by atoms with E-state index in [-0.39, 0.29) is 56.2 Å². The second kappa shape index (κ2) is 12.4. The molecule has 1 atom stereocenters. The summed E-state index contributed by atoms with van der Waals surface area (Å²) in [6.45, 7) is 2.14. The number of pyridine rings is 1. The van der Waals surface area contributed by atoms with Gasteiger partial charge in [0.25, 0.3) is 6.43 Å². The van der Waals surface area contributed by atoms with Crippen LogP contribution in [-0.2, 0) is 27.5 Å². The molecule has 0 aliphatic heterocycles. The lowest BCUT2D eigenvalue weighted by atomic mass is 9.95. The van der Waals surface area contributed by atoms with Crippen molar-refractivity contribution in [3.8, 4) is 23.0 Å². The molecule has 2 aromatic carbocycles. The van der Waals surface area contributed by atoms with E-state index in [1.54, 1.807) is 0 Å². The fourth-order valence-electron chi connectivity index (χ4n) is 5.16. The van der Waals surface area contributed by atoms with Crippen LogP contribution in [0.5, 0.6) is 0 Å². The summed E-state index contributed by atoms with van der Waals surface area (Å²) in [5.74, 6) is 3.68. The minimum absolute atomic E-state index is 0.0230. The molecule has 15 heteroatoms. The van der Waals surface area contributed by atoms with Crippen LogP contribution in [0.25, 0.3) is 22.0 Å². The van der Waals surface area contributed by atoms with Crippen molar-refractivity contribution in [2.75, 3.05) is 5.73 Å². The minimum atomic E-state index is -3.57. The first-order valence-corrected chi connectivity index (χ1v) is 15.9. The molecule has 0 bridgehead atoms. The molecular formula is C31H28ClF4N5O4S. The predicted octanol–water partition coefficient (Wildman–Crippen LogP) is 5.96. The number of nitrogens with zero attached hydrogens (tertiary/aromatic N) is 3. The Morgan fingerprint density at radius 3 is 2.39 bits per heavy atom. The fraction of sp³-hybridized carbons (Fsp3) is 0.323. The van der Waals surface area contributed by atoms with Gasteiger partial charge in [-0.15, -0.1) is 0 Å². The third-order valence-electron chi connectivity index (χ3n) is 7.47. The molecule has 0 spiro atoms. The van der Waals surface area contributed by atoms with Gasteiger partial charge in [0.1, 0.15) is 28.6 Å². The van der Waals surface area contributed by atoms with Gasteiger partial charge in [0.05, 0.1) is 26.9 Å². The highest BCUT2D eigenvalue weighted by Gasteiger charge is 2.45. The number of hydrogen-bond donors (Lipinski definition) is 2. The fourth-order valence-corrected chi connectivity index (χ4v) is 7.20. The Morgan fingerprint density at radius 1 is 1.13 bits per heavy atom. The Hall–Kier alpha value is -4.35. The lowest BCUT2D eigenvalue weighted by Crippen LogP contribution is -2.33. The molecule has 0 unspecified atom stereocenters. The van der Waals surface area contributed by atoms with Crippen molar-refractivity contribution in [3.63, 3.8) is 0 Å². The van der Waals surface area contributed by atoms with Gasteiger partial charge >= 0.3 is 6.09 Å². The van der Waals surface area contributed by atoms with Crippen LogP contribution in [-0.4, -0.2) is 45.7 Å². The number of carbonyl (C=O) groups is 1. The summed E-state index contributed by atoms with van der Waals surface area (Å²) in [4.78, 5) is 16.7. The van der Waals surface area contributed by atoms with E-state index in [0.29, 0.717) is 18.9 Å². The van der Waals surface area contributed by atoms with E-state index in [0.717, 1.165) is 16.8 Å². The van der Waals surface area contributed by atoms with Crippen molar-refractivity contribution in [1.29, 1.82) is 0 Å². The molecule has 4 N–H and O–H groups in total. The number of alkyl halides is 2. The predicted molar refractivity (Wildman–Crippen MR) is 165 cm³/mol. The van der Waals surface area contributed by atoms with Gasteiger partial charge in [0, 0.05) is 23.6 Å². The number of carbonyl (C=O) groups excluding carboxylic acids is 1. The number of nitrogen functional groups attached to an aromatic ring is 1. The first-order chi connectivity index (χ1) is 21.6. The molecular weight excluding hydrogens is 650 g/mol. The number of nitrogens with two attached hydrogens (primary N) is 2. The number of aromatic nitrogens is 3. The van der Waals surface area contributed by atoms with E-state index >= 15 is 0 Å². The molecule has 4 aromatic rings. The summed E-state index contributed by atoms with van der Waals surface area (Å²) in [6.07, 6.45) is -4.64. The molecule has 0 radical (unpaired) electrons. The molecule has 1 saturated carbocycles. The van der Waals surface area contributed by atoms with Crippen molar-refractivity contribution in [2.24, 2.45) is 5.73 Å². The van der Waals surface area contributed by atoms with Crippen molar-refractivity contribution in [1.82, 2.24) is 14.8 Å². The zero-order valence-corrected chi connectivity index (χ0v) is 26.1. The van der Waals surface area contributed by atoms with Gasteiger partial charge in [-0.1, -0.05) is 23.6 Å². The molecule has 1 fully saturated rings. The monoisotopic (exact) mass is 677 g/mol. The highest BCUT2D eigenvalue weighted by molar-refractivity contribution is 7.93. The van der Waals surface area contributed by atoms with Crippen molar-refractivity contribution >= 4 is 44.3 Å². The summed E-state index contributed by atoms with van der Waals surface area (Å²) >= 11 is 6.39. The van der Waals surface area contributed by atoms with Crippen molar-refractivity contribution in [3.05, 3.63) is 76.1 Å². The van der Waals surface area contributed by atoms with E-state index in [9.17, 15) is 30.8 Å². The third kappa shape index (κ3) is 6.75. The highest BCUT2D eigenvalue weighted by atomic mass is 35.5. The molecule has 242 valence electrons. The Kier molecular flexibility index (Phi) is 8.94. The lowest BCUT2D eigenvalue weighted by Gasteiger charge is -2.21. The Bertz CT molecular complexity index is 2000. The molecule has 9 nitrogen and oxygen atoms in total. The third-order valence-corrected chi connectivity index (χ3v) is 10.7. The number of fused-ring (bicyclic) bond motifs is 1. The van der Waals surface area contributed by atoms with Crippen LogP contribution >= 0.6 is 11.6 Å². The zero-order chi connectivity index (χ0) is 33.6. The van der Waals surface area contributed by atoms with Gasteiger partial charge in [-0.3, -0.25) is 4.68 Å². The molecule has 0 saturated heterocycles. The maximum atomic E-state index is 14.1. The van der Waals surface area contributed by atoms with Crippen LogP contribution in [0.15, 0.2) is 42.5 Å². The number of ether oxygens (including phenoxy) is 1. The van der Waals surface area contributed by atoms with E-state index < -0.39 is 56.6 Å². The number of primary amides is 1. The van der Waals surface area contributed by atoms with E-state index in [2.05, 4.69) is 21.9 Å². The van der Waals surface area contributed by atoms with Gasteiger partial charge in [-0.2, -0.15) is 5.10 Å². The quantitative estimate of drug-likeness (QED) is 0.164. The molecule has 2 aromatic heterocycles.